The van der Waals surface area contributed by atoms with E-state index >= 15 is 0 Å². The topological polar surface area (TPSA) is 89.8 Å². The number of aromatic nitrogens is 2. The van der Waals surface area contributed by atoms with E-state index in [0.29, 0.717) is 11.1 Å². The SMILES string of the molecule is N#Cc1cc(C(=O)O)ccc1-c1cn[nH]c1. The maximum absolute atomic E-state index is 10.7. The molecule has 0 saturated carbocycles. The average Bonchev–Trinajstić information content (AvgIpc) is 2.81. The van der Waals surface area contributed by atoms with E-state index in [9.17, 15) is 4.79 Å². The van der Waals surface area contributed by atoms with Gasteiger partial charge >= 0.3 is 5.97 Å². The monoisotopic (exact) mass is 213 g/mol. The van der Waals surface area contributed by atoms with Crippen LogP contribution in [0.5, 0.6) is 0 Å². The Kier molecular flexibility index (Phi) is 2.40. The largest absolute Gasteiger partial charge is 0.478 e. The Balaban J connectivity index is 2.57. The second-order valence-electron chi connectivity index (χ2n) is 3.16. The van der Waals surface area contributed by atoms with Crippen molar-refractivity contribution in [3.8, 4) is 17.2 Å². The van der Waals surface area contributed by atoms with Gasteiger partial charge in [0, 0.05) is 17.3 Å². The molecule has 0 amide bonds. The van der Waals surface area contributed by atoms with Crippen LogP contribution in [0.2, 0.25) is 0 Å². The molecule has 78 valence electrons. The van der Waals surface area contributed by atoms with Crippen molar-refractivity contribution in [1.82, 2.24) is 10.2 Å². The predicted octanol–water partition coefficient (Wildman–Crippen LogP) is 1.65. The molecule has 0 unspecified atom stereocenters. The molecule has 0 aliphatic carbocycles. The molecule has 2 N–H and O–H groups in total. The minimum atomic E-state index is -1.05. The van der Waals surface area contributed by atoms with Gasteiger partial charge in [-0.05, 0) is 12.1 Å². The summed E-state index contributed by atoms with van der Waals surface area (Å²) in [5.74, 6) is -1.05. The van der Waals surface area contributed by atoms with Crippen molar-refractivity contribution in [2.45, 2.75) is 0 Å². The van der Waals surface area contributed by atoms with Gasteiger partial charge in [-0.25, -0.2) is 4.79 Å². The lowest BCUT2D eigenvalue weighted by atomic mass is 10.0. The van der Waals surface area contributed by atoms with Crippen LogP contribution in [0.4, 0.5) is 0 Å². The highest BCUT2D eigenvalue weighted by Crippen LogP contribution is 2.23. The number of nitrogens with zero attached hydrogens (tertiary/aromatic N) is 2. The van der Waals surface area contributed by atoms with E-state index in [4.69, 9.17) is 10.4 Å². The fourth-order valence-electron chi connectivity index (χ4n) is 1.42. The molecular weight excluding hydrogens is 206 g/mol. The summed E-state index contributed by atoms with van der Waals surface area (Å²) in [7, 11) is 0. The molecule has 1 aromatic heterocycles. The molecule has 1 heterocycles. The number of carbonyl (C=O) groups is 1. The number of nitrogens with one attached hydrogen (secondary N) is 1. The summed E-state index contributed by atoms with van der Waals surface area (Å²) in [5, 5.41) is 24.2. The lowest BCUT2D eigenvalue weighted by molar-refractivity contribution is 0.0697. The number of aromatic carboxylic acids is 1. The zero-order valence-corrected chi connectivity index (χ0v) is 8.14. The van der Waals surface area contributed by atoms with Gasteiger partial charge in [-0.2, -0.15) is 10.4 Å². The van der Waals surface area contributed by atoms with Crippen LogP contribution in [-0.4, -0.2) is 21.3 Å². The van der Waals surface area contributed by atoms with Gasteiger partial charge in [0.2, 0.25) is 0 Å². The van der Waals surface area contributed by atoms with Crippen molar-refractivity contribution in [3.05, 3.63) is 41.7 Å². The Bertz CT molecular complexity index is 567. The lowest BCUT2D eigenvalue weighted by Crippen LogP contribution is -1.97. The third-order valence-corrected chi connectivity index (χ3v) is 2.20. The van der Waals surface area contributed by atoms with Gasteiger partial charge in [0.25, 0.3) is 0 Å². The van der Waals surface area contributed by atoms with Crippen LogP contribution in [-0.2, 0) is 0 Å². The number of hydrogen-bond acceptors (Lipinski definition) is 3. The number of benzene rings is 1. The van der Waals surface area contributed by atoms with Gasteiger partial charge in [0.15, 0.2) is 0 Å². The smallest absolute Gasteiger partial charge is 0.335 e. The van der Waals surface area contributed by atoms with Gasteiger partial charge in [-0.15, -0.1) is 0 Å². The first-order valence-electron chi connectivity index (χ1n) is 4.49. The van der Waals surface area contributed by atoms with Gasteiger partial charge in [-0.1, -0.05) is 6.07 Å². The number of carboxylic acid groups (broad SMARTS) is 1. The van der Waals surface area contributed by atoms with Gasteiger partial charge in [-0.3, -0.25) is 5.10 Å². The van der Waals surface area contributed by atoms with E-state index in [-0.39, 0.29) is 5.56 Å². The zero-order chi connectivity index (χ0) is 11.5. The number of H-pyrrole nitrogens is 1. The quantitative estimate of drug-likeness (QED) is 0.793. The Labute approximate surface area is 91.0 Å². The number of rotatable bonds is 2. The summed E-state index contributed by atoms with van der Waals surface area (Å²) in [6.07, 6.45) is 3.23. The number of carboxylic acids is 1. The summed E-state index contributed by atoms with van der Waals surface area (Å²) in [4.78, 5) is 10.7. The van der Waals surface area contributed by atoms with E-state index in [1.165, 1.54) is 12.1 Å². The Morgan fingerprint density at radius 2 is 2.31 bits per heavy atom. The molecule has 0 aliphatic heterocycles. The Morgan fingerprint density at radius 3 is 2.88 bits per heavy atom. The van der Waals surface area contributed by atoms with Crippen molar-refractivity contribution >= 4 is 5.97 Å². The summed E-state index contributed by atoms with van der Waals surface area (Å²) < 4.78 is 0. The van der Waals surface area contributed by atoms with Crippen LogP contribution < -0.4 is 0 Å². The molecule has 0 radical (unpaired) electrons. The maximum Gasteiger partial charge on any atom is 0.335 e. The third kappa shape index (κ3) is 1.64. The van der Waals surface area contributed by atoms with Crippen LogP contribution in [0.25, 0.3) is 11.1 Å². The predicted molar refractivity (Wildman–Crippen MR) is 55.7 cm³/mol. The third-order valence-electron chi connectivity index (χ3n) is 2.20. The molecule has 0 saturated heterocycles. The van der Waals surface area contributed by atoms with Crippen LogP contribution in [0, 0.1) is 11.3 Å². The van der Waals surface area contributed by atoms with Crippen molar-refractivity contribution < 1.29 is 9.90 Å². The minimum absolute atomic E-state index is 0.101. The number of nitriles is 1. The zero-order valence-electron chi connectivity index (χ0n) is 8.14. The summed E-state index contributed by atoms with van der Waals surface area (Å²) in [5.41, 5.74) is 1.85. The fourth-order valence-corrected chi connectivity index (χ4v) is 1.42. The van der Waals surface area contributed by atoms with Crippen molar-refractivity contribution in [2.75, 3.05) is 0 Å². The van der Waals surface area contributed by atoms with E-state index < -0.39 is 5.97 Å². The molecule has 0 fully saturated rings. The fraction of sp³-hybridized carbons (Fsp3) is 0. The second kappa shape index (κ2) is 3.87. The summed E-state index contributed by atoms with van der Waals surface area (Å²) in [6, 6.07) is 6.39. The summed E-state index contributed by atoms with van der Waals surface area (Å²) >= 11 is 0. The molecule has 5 nitrogen and oxygen atoms in total. The number of aromatic amines is 1. The molecule has 5 heteroatoms. The maximum atomic E-state index is 10.7. The molecule has 2 aromatic rings. The molecule has 0 bridgehead atoms. The summed E-state index contributed by atoms with van der Waals surface area (Å²) in [6.45, 7) is 0. The van der Waals surface area contributed by atoms with Crippen LogP contribution in [0.1, 0.15) is 15.9 Å². The highest BCUT2D eigenvalue weighted by Gasteiger charge is 2.10. The van der Waals surface area contributed by atoms with E-state index in [1.54, 1.807) is 18.5 Å². The van der Waals surface area contributed by atoms with E-state index in [0.717, 1.165) is 5.56 Å². The van der Waals surface area contributed by atoms with Crippen molar-refractivity contribution in [1.29, 1.82) is 5.26 Å². The molecule has 0 spiro atoms. The lowest BCUT2D eigenvalue weighted by Gasteiger charge is -2.01. The van der Waals surface area contributed by atoms with Gasteiger partial charge in [0.05, 0.1) is 23.4 Å². The highest BCUT2D eigenvalue weighted by atomic mass is 16.4. The van der Waals surface area contributed by atoms with E-state index in [1.807, 2.05) is 6.07 Å². The van der Waals surface area contributed by atoms with Crippen LogP contribution in [0.3, 0.4) is 0 Å². The van der Waals surface area contributed by atoms with Gasteiger partial charge < -0.3 is 5.11 Å². The van der Waals surface area contributed by atoms with Crippen molar-refractivity contribution in [3.63, 3.8) is 0 Å². The first-order chi connectivity index (χ1) is 7.72. The first-order valence-corrected chi connectivity index (χ1v) is 4.49. The number of hydrogen-bond donors (Lipinski definition) is 2. The Morgan fingerprint density at radius 1 is 1.50 bits per heavy atom. The molecular formula is C11H7N3O2. The highest BCUT2D eigenvalue weighted by molar-refractivity contribution is 5.89. The molecule has 1 aromatic carbocycles. The molecule has 2 rings (SSSR count). The van der Waals surface area contributed by atoms with Crippen LogP contribution in [0.15, 0.2) is 30.6 Å². The molecule has 16 heavy (non-hydrogen) atoms. The minimum Gasteiger partial charge on any atom is -0.478 e. The Hall–Kier alpha value is -2.61. The van der Waals surface area contributed by atoms with E-state index in [2.05, 4.69) is 10.2 Å². The van der Waals surface area contributed by atoms with Crippen LogP contribution >= 0.6 is 0 Å². The molecule has 0 atom stereocenters. The molecule has 0 aliphatic rings. The second-order valence-corrected chi connectivity index (χ2v) is 3.16. The normalized spacial score (nSPS) is 9.69. The first kappa shape index (κ1) is 9.93. The standard InChI is InChI=1S/C11H7N3O2/c12-4-8-3-7(11(15)16)1-2-10(8)9-5-13-14-6-9/h1-3,5-6H,(H,13,14)(H,15,16). The van der Waals surface area contributed by atoms with Gasteiger partial charge in [0.1, 0.15) is 0 Å². The van der Waals surface area contributed by atoms with Crippen molar-refractivity contribution in [2.24, 2.45) is 0 Å². The average molecular weight is 213 g/mol.